The molecule has 0 bridgehead atoms. The Morgan fingerprint density at radius 2 is 2.19 bits per heavy atom. The molecule has 1 saturated heterocycles. The maximum absolute atomic E-state index is 12.3. The third-order valence-corrected chi connectivity index (χ3v) is 3.78. The van der Waals surface area contributed by atoms with Gasteiger partial charge in [-0.15, -0.1) is 0 Å². The van der Waals surface area contributed by atoms with Gasteiger partial charge in [0, 0.05) is 19.0 Å². The quantitative estimate of drug-likeness (QED) is 0.902. The molecule has 0 unspecified atom stereocenters. The number of rotatable bonds is 3. The van der Waals surface area contributed by atoms with Crippen LogP contribution in [0.1, 0.15) is 20.3 Å². The van der Waals surface area contributed by atoms with Crippen LogP contribution in [0.5, 0.6) is 0 Å². The Hall–Kier alpha value is -2.37. The number of para-hydroxylation sites is 2. The van der Waals surface area contributed by atoms with Crippen molar-refractivity contribution in [3.63, 3.8) is 0 Å². The highest BCUT2D eigenvalue weighted by Gasteiger charge is 2.35. The lowest BCUT2D eigenvalue weighted by Gasteiger charge is -2.20. The van der Waals surface area contributed by atoms with Crippen LogP contribution < -0.4 is 5.32 Å². The molecule has 0 spiro atoms. The Morgan fingerprint density at radius 3 is 2.86 bits per heavy atom. The summed E-state index contributed by atoms with van der Waals surface area (Å²) in [6.45, 7) is 4.39. The normalized spacial score (nSPS) is 18.7. The van der Waals surface area contributed by atoms with Crippen molar-refractivity contribution in [1.82, 2.24) is 14.9 Å². The molecular formula is C15H18N4O2. The van der Waals surface area contributed by atoms with Crippen molar-refractivity contribution in [3.8, 4) is 0 Å². The number of fused-ring (bicyclic) bond motifs is 1. The van der Waals surface area contributed by atoms with Crippen LogP contribution in [0.25, 0.3) is 11.0 Å². The summed E-state index contributed by atoms with van der Waals surface area (Å²) in [6, 6.07) is 7.70. The molecule has 1 aromatic carbocycles. The van der Waals surface area contributed by atoms with Gasteiger partial charge < -0.3 is 9.88 Å². The molecule has 2 amide bonds. The van der Waals surface area contributed by atoms with E-state index in [1.165, 1.54) is 0 Å². The molecule has 0 saturated carbocycles. The number of likely N-dealkylation sites (tertiary alicyclic amines) is 1. The van der Waals surface area contributed by atoms with Crippen LogP contribution >= 0.6 is 0 Å². The van der Waals surface area contributed by atoms with Gasteiger partial charge in [-0.05, 0) is 26.0 Å². The lowest BCUT2D eigenvalue weighted by molar-refractivity contribution is -0.129. The minimum atomic E-state index is -0.312. The number of carbonyl (C=O) groups is 2. The van der Waals surface area contributed by atoms with Crippen molar-refractivity contribution in [2.24, 2.45) is 5.92 Å². The molecule has 1 fully saturated rings. The minimum absolute atomic E-state index is 0.0368. The van der Waals surface area contributed by atoms with Crippen LogP contribution in [-0.4, -0.2) is 39.3 Å². The summed E-state index contributed by atoms with van der Waals surface area (Å²) in [5, 5.41) is 2.77. The van der Waals surface area contributed by atoms with Gasteiger partial charge in [-0.25, -0.2) is 4.98 Å². The molecule has 1 aliphatic heterocycles. The number of anilines is 1. The van der Waals surface area contributed by atoms with E-state index in [9.17, 15) is 9.59 Å². The molecule has 3 rings (SSSR count). The molecule has 1 atom stereocenters. The Kier molecular flexibility index (Phi) is 3.37. The van der Waals surface area contributed by atoms with Gasteiger partial charge in [0.05, 0.1) is 17.0 Å². The van der Waals surface area contributed by atoms with Crippen LogP contribution in [0.3, 0.4) is 0 Å². The van der Waals surface area contributed by atoms with Gasteiger partial charge in [-0.1, -0.05) is 12.1 Å². The lowest BCUT2D eigenvalue weighted by Crippen LogP contribution is -2.33. The number of hydrogen-bond donors (Lipinski definition) is 2. The average molecular weight is 286 g/mol. The van der Waals surface area contributed by atoms with E-state index in [2.05, 4.69) is 15.3 Å². The largest absolute Gasteiger partial charge is 0.339 e. The molecule has 2 heterocycles. The van der Waals surface area contributed by atoms with Crippen LogP contribution in [-0.2, 0) is 9.59 Å². The summed E-state index contributed by atoms with van der Waals surface area (Å²) in [7, 11) is 0. The van der Waals surface area contributed by atoms with Gasteiger partial charge in [-0.2, -0.15) is 0 Å². The zero-order chi connectivity index (χ0) is 15.0. The number of H-pyrrole nitrogens is 1. The van der Waals surface area contributed by atoms with Gasteiger partial charge in [0.25, 0.3) is 0 Å². The number of carbonyl (C=O) groups excluding carboxylic acids is 2. The second-order valence-electron chi connectivity index (χ2n) is 5.63. The molecule has 0 aliphatic carbocycles. The van der Waals surface area contributed by atoms with Gasteiger partial charge >= 0.3 is 0 Å². The Morgan fingerprint density at radius 1 is 1.43 bits per heavy atom. The average Bonchev–Trinajstić information content (AvgIpc) is 3.01. The van der Waals surface area contributed by atoms with Crippen LogP contribution in [0.2, 0.25) is 0 Å². The van der Waals surface area contributed by atoms with Crippen molar-refractivity contribution in [2.75, 3.05) is 11.9 Å². The molecule has 2 N–H and O–H groups in total. The number of aromatic amines is 1. The molecule has 6 heteroatoms. The zero-order valence-electron chi connectivity index (χ0n) is 12.1. The summed E-state index contributed by atoms with van der Waals surface area (Å²) in [6.07, 6.45) is 0.268. The molecule has 21 heavy (non-hydrogen) atoms. The van der Waals surface area contributed by atoms with E-state index in [1.807, 2.05) is 38.1 Å². The van der Waals surface area contributed by atoms with Crippen molar-refractivity contribution < 1.29 is 9.59 Å². The highest BCUT2D eigenvalue weighted by molar-refractivity contribution is 5.97. The van der Waals surface area contributed by atoms with E-state index in [-0.39, 0.29) is 30.2 Å². The van der Waals surface area contributed by atoms with E-state index in [1.54, 1.807) is 4.90 Å². The number of nitrogens with zero attached hydrogens (tertiary/aromatic N) is 2. The molecule has 1 aromatic heterocycles. The fraction of sp³-hybridized carbons (Fsp3) is 0.400. The van der Waals surface area contributed by atoms with Crippen LogP contribution in [0, 0.1) is 5.92 Å². The fourth-order valence-corrected chi connectivity index (χ4v) is 2.64. The van der Waals surface area contributed by atoms with Crippen LogP contribution in [0.4, 0.5) is 5.95 Å². The Labute approximate surface area is 122 Å². The predicted octanol–water partition coefficient (Wildman–Crippen LogP) is 1.76. The van der Waals surface area contributed by atoms with E-state index in [4.69, 9.17) is 0 Å². The third kappa shape index (κ3) is 2.61. The Bertz CT molecular complexity index is 659. The first-order valence-corrected chi connectivity index (χ1v) is 7.09. The predicted molar refractivity (Wildman–Crippen MR) is 79.7 cm³/mol. The van der Waals surface area contributed by atoms with E-state index in [0.717, 1.165) is 11.0 Å². The maximum Gasteiger partial charge on any atom is 0.232 e. The molecule has 110 valence electrons. The van der Waals surface area contributed by atoms with Crippen LogP contribution in [0.15, 0.2) is 24.3 Å². The van der Waals surface area contributed by atoms with Crippen molar-refractivity contribution in [3.05, 3.63) is 24.3 Å². The SMILES string of the molecule is CC(C)N1C[C@@H](C(=O)Nc2nc3ccccc3[nH]2)CC1=O. The van der Waals surface area contributed by atoms with Crippen molar-refractivity contribution in [2.45, 2.75) is 26.3 Å². The number of nitrogens with one attached hydrogen (secondary N) is 2. The molecule has 1 aliphatic rings. The standard InChI is InChI=1S/C15H18N4O2/c1-9(2)19-8-10(7-13(19)20)14(21)18-15-16-11-5-3-4-6-12(11)17-15/h3-6,9-10H,7-8H2,1-2H3,(H2,16,17,18,21)/t10-/m0/s1. The molecule has 2 aromatic rings. The van der Waals surface area contributed by atoms with Gasteiger partial charge in [0.15, 0.2) is 0 Å². The molecule has 6 nitrogen and oxygen atoms in total. The number of amides is 2. The van der Waals surface area contributed by atoms with E-state index >= 15 is 0 Å². The number of hydrogen-bond acceptors (Lipinski definition) is 3. The second kappa shape index (κ2) is 5.20. The maximum atomic E-state index is 12.3. The molecular weight excluding hydrogens is 268 g/mol. The Balaban J connectivity index is 1.70. The van der Waals surface area contributed by atoms with E-state index in [0.29, 0.717) is 12.5 Å². The first kappa shape index (κ1) is 13.6. The number of imidazole rings is 1. The minimum Gasteiger partial charge on any atom is -0.339 e. The van der Waals surface area contributed by atoms with Crippen molar-refractivity contribution >= 4 is 28.8 Å². The first-order valence-electron chi connectivity index (χ1n) is 7.09. The van der Waals surface area contributed by atoms with Gasteiger partial charge in [0.2, 0.25) is 17.8 Å². The summed E-state index contributed by atoms with van der Waals surface area (Å²) in [5.41, 5.74) is 1.68. The summed E-state index contributed by atoms with van der Waals surface area (Å²) in [4.78, 5) is 33.2. The zero-order valence-corrected chi connectivity index (χ0v) is 12.1. The summed E-state index contributed by atoms with van der Waals surface area (Å²) in [5.74, 6) is -0.00919. The summed E-state index contributed by atoms with van der Waals surface area (Å²) < 4.78 is 0. The van der Waals surface area contributed by atoms with Crippen molar-refractivity contribution in [1.29, 1.82) is 0 Å². The summed E-state index contributed by atoms with van der Waals surface area (Å²) >= 11 is 0. The second-order valence-corrected chi connectivity index (χ2v) is 5.63. The number of benzene rings is 1. The fourth-order valence-electron chi connectivity index (χ4n) is 2.64. The van der Waals surface area contributed by atoms with E-state index < -0.39 is 0 Å². The number of aromatic nitrogens is 2. The highest BCUT2D eigenvalue weighted by Crippen LogP contribution is 2.22. The third-order valence-electron chi connectivity index (χ3n) is 3.78. The highest BCUT2D eigenvalue weighted by atomic mass is 16.2. The lowest BCUT2D eigenvalue weighted by atomic mass is 10.1. The monoisotopic (exact) mass is 286 g/mol. The van der Waals surface area contributed by atoms with Gasteiger partial charge in [0.1, 0.15) is 0 Å². The first-order chi connectivity index (χ1) is 10.0. The smallest absolute Gasteiger partial charge is 0.232 e. The topological polar surface area (TPSA) is 78.1 Å². The molecule has 0 radical (unpaired) electrons. The van der Waals surface area contributed by atoms with Gasteiger partial charge in [-0.3, -0.25) is 14.9 Å².